The Hall–Kier alpha value is 0.580. The molecular formula is C12H24Cl2. The second kappa shape index (κ2) is 7.82. The minimum absolute atomic E-state index is 0.352. The van der Waals surface area contributed by atoms with Crippen molar-refractivity contribution in [1.29, 1.82) is 0 Å². The Morgan fingerprint density at radius 2 is 1.14 bits per heavy atom. The van der Waals surface area contributed by atoms with Gasteiger partial charge in [-0.25, -0.2) is 0 Å². The van der Waals surface area contributed by atoms with E-state index in [-0.39, 0.29) is 0 Å². The van der Waals surface area contributed by atoms with Crippen molar-refractivity contribution in [2.45, 2.75) is 64.1 Å². The van der Waals surface area contributed by atoms with Crippen LogP contribution in [0.4, 0.5) is 0 Å². The maximum absolute atomic E-state index is 6.07. The number of alkyl halides is 2. The molecule has 0 radical (unpaired) electrons. The van der Waals surface area contributed by atoms with Crippen LogP contribution in [0.3, 0.4) is 0 Å². The molecule has 0 N–H and O–H groups in total. The molecular weight excluding hydrogens is 215 g/mol. The van der Waals surface area contributed by atoms with E-state index in [1.54, 1.807) is 0 Å². The van der Waals surface area contributed by atoms with Gasteiger partial charge in [0.15, 0.2) is 0 Å². The van der Waals surface area contributed by atoms with Crippen molar-refractivity contribution < 1.29 is 0 Å². The van der Waals surface area contributed by atoms with Gasteiger partial charge in [0.1, 0.15) is 0 Å². The molecule has 0 amide bonds. The molecule has 0 heterocycles. The summed E-state index contributed by atoms with van der Waals surface area (Å²) in [5, 5.41) is 0.704. The van der Waals surface area contributed by atoms with E-state index in [9.17, 15) is 0 Å². The Morgan fingerprint density at radius 3 is 1.36 bits per heavy atom. The molecule has 1 fully saturated rings. The summed E-state index contributed by atoms with van der Waals surface area (Å²) in [5.41, 5.74) is 0. The minimum Gasteiger partial charge on any atom is -0.123 e. The van der Waals surface area contributed by atoms with Crippen LogP contribution in [-0.4, -0.2) is 10.8 Å². The van der Waals surface area contributed by atoms with Gasteiger partial charge in [0.25, 0.3) is 0 Å². The van der Waals surface area contributed by atoms with Gasteiger partial charge >= 0.3 is 0 Å². The molecule has 2 heteroatoms. The fourth-order valence-electron chi connectivity index (χ4n) is 1.47. The van der Waals surface area contributed by atoms with Crippen molar-refractivity contribution >= 4 is 23.2 Å². The maximum atomic E-state index is 6.07. The molecule has 0 spiro atoms. The molecule has 0 aliphatic heterocycles. The quantitative estimate of drug-likeness (QED) is 0.560. The van der Waals surface area contributed by atoms with Gasteiger partial charge in [-0.2, -0.15) is 0 Å². The van der Waals surface area contributed by atoms with Crippen molar-refractivity contribution in [2.24, 2.45) is 11.8 Å². The first-order valence-electron chi connectivity index (χ1n) is 5.81. The third kappa shape index (κ3) is 5.46. The van der Waals surface area contributed by atoms with Crippen LogP contribution in [0.25, 0.3) is 0 Å². The van der Waals surface area contributed by atoms with Gasteiger partial charge < -0.3 is 0 Å². The van der Waals surface area contributed by atoms with Crippen LogP contribution in [0.15, 0.2) is 0 Å². The lowest BCUT2D eigenvalue weighted by atomic mass is 9.83. The molecule has 4 atom stereocenters. The van der Waals surface area contributed by atoms with Gasteiger partial charge in [-0.15, -0.1) is 23.2 Å². The lowest BCUT2D eigenvalue weighted by Crippen LogP contribution is -2.29. The average Bonchev–Trinajstić information content (AvgIpc) is 2.15. The Balaban J connectivity index is 0.000000364. The van der Waals surface area contributed by atoms with E-state index in [1.165, 1.54) is 12.8 Å². The summed E-state index contributed by atoms with van der Waals surface area (Å²) in [6.07, 6.45) is 4.80. The van der Waals surface area contributed by atoms with Crippen molar-refractivity contribution in [3.8, 4) is 0 Å². The van der Waals surface area contributed by atoms with Gasteiger partial charge in [0.2, 0.25) is 0 Å². The predicted molar refractivity (Wildman–Crippen MR) is 67.4 cm³/mol. The summed E-state index contributed by atoms with van der Waals surface area (Å²) in [7, 11) is 0. The fourth-order valence-corrected chi connectivity index (χ4v) is 2.24. The molecule has 0 nitrogen and oxygen atoms in total. The molecule has 1 aliphatic rings. The Morgan fingerprint density at radius 1 is 0.857 bits per heavy atom. The highest BCUT2D eigenvalue weighted by molar-refractivity contribution is 6.22. The van der Waals surface area contributed by atoms with E-state index >= 15 is 0 Å². The zero-order valence-corrected chi connectivity index (χ0v) is 11.4. The molecule has 1 saturated carbocycles. The predicted octanol–water partition coefficient (Wildman–Crippen LogP) is 5.07. The van der Waals surface area contributed by atoms with Gasteiger partial charge in [-0.05, 0) is 24.7 Å². The summed E-state index contributed by atoms with van der Waals surface area (Å²) in [4.78, 5) is 0. The maximum Gasteiger partial charge on any atom is 0.0365 e. The van der Waals surface area contributed by atoms with Gasteiger partial charge in [-0.3, -0.25) is 0 Å². The Bertz CT molecular complexity index is 108. The summed E-state index contributed by atoms with van der Waals surface area (Å²) in [6.45, 7) is 8.72. The van der Waals surface area contributed by atoms with Crippen molar-refractivity contribution in [1.82, 2.24) is 0 Å². The highest BCUT2D eigenvalue weighted by Gasteiger charge is 2.29. The van der Waals surface area contributed by atoms with Crippen LogP contribution in [0.2, 0.25) is 0 Å². The zero-order valence-electron chi connectivity index (χ0n) is 9.89. The van der Waals surface area contributed by atoms with E-state index in [0.29, 0.717) is 22.6 Å². The third-order valence-corrected chi connectivity index (χ3v) is 4.15. The first-order valence-corrected chi connectivity index (χ1v) is 6.68. The molecule has 0 bridgehead atoms. The molecule has 0 saturated heterocycles. The summed E-state index contributed by atoms with van der Waals surface area (Å²) in [5.74, 6) is 1.20. The van der Waals surface area contributed by atoms with Gasteiger partial charge in [-0.1, -0.05) is 40.5 Å². The monoisotopic (exact) mass is 238 g/mol. The lowest BCUT2D eigenvalue weighted by Gasteiger charge is -2.32. The molecule has 1 aliphatic carbocycles. The van der Waals surface area contributed by atoms with Crippen LogP contribution in [0, 0.1) is 11.8 Å². The van der Waals surface area contributed by atoms with Gasteiger partial charge in [0, 0.05) is 10.8 Å². The first kappa shape index (κ1) is 14.6. The van der Waals surface area contributed by atoms with Crippen molar-refractivity contribution in [2.75, 3.05) is 0 Å². The standard InChI is InChI=1S/C8H14Cl2.C4H10/c1-5-3-8(10)6(2)4-7(5)9;1-3-4-2/h5-8H,3-4H2,1-2H3;3-4H2,1-2H3. The van der Waals surface area contributed by atoms with Crippen LogP contribution in [0.1, 0.15) is 53.4 Å². The Kier molecular flexibility index (Phi) is 8.14. The topological polar surface area (TPSA) is 0 Å². The molecule has 0 aromatic heterocycles. The van der Waals surface area contributed by atoms with Crippen LogP contribution in [-0.2, 0) is 0 Å². The summed E-state index contributed by atoms with van der Waals surface area (Å²) < 4.78 is 0. The number of unbranched alkanes of at least 4 members (excludes halogenated alkanes) is 1. The molecule has 14 heavy (non-hydrogen) atoms. The van der Waals surface area contributed by atoms with Crippen LogP contribution < -0.4 is 0 Å². The van der Waals surface area contributed by atoms with E-state index in [1.807, 2.05) is 0 Å². The third-order valence-electron chi connectivity index (χ3n) is 2.93. The SMILES string of the molecule is CC1CC(Cl)C(C)CC1Cl.CCCC. The number of rotatable bonds is 1. The van der Waals surface area contributed by atoms with Gasteiger partial charge in [0.05, 0.1) is 0 Å². The normalized spacial score (nSPS) is 37.3. The van der Waals surface area contributed by atoms with Crippen LogP contribution >= 0.6 is 23.2 Å². The number of halogens is 2. The molecule has 86 valence electrons. The first-order chi connectivity index (χ1) is 6.52. The molecule has 0 aromatic rings. The summed E-state index contributed by atoms with van der Waals surface area (Å²) in [6, 6.07) is 0. The average molecular weight is 239 g/mol. The van der Waals surface area contributed by atoms with E-state index < -0.39 is 0 Å². The second-order valence-corrected chi connectivity index (χ2v) is 5.58. The smallest absolute Gasteiger partial charge is 0.0365 e. The highest BCUT2D eigenvalue weighted by Crippen LogP contribution is 2.35. The summed E-state index contributed by atoms with van der Waals surface area (Å²) >= 11 is 12.1. The van der Waals surface area contributed by atoms with E-state index in [0.717, 1.165) is 12.8 Å². The largest absolute Gasteiger partial charge is 0.123 e. The van der Waals surface area contributed by atoms with Crippen molar-refractivity contribution in [3.63, 3.8) is 0 Å². The molecule has 1 rings (SSSR count). The second-order valence-electron chi connectivity index (χ2n) is 4.46. The number of hydrogen-bond donors (Lipinski definition) is 0. The van der Waals surface area contributed by atoms with Crippen LogP contribution in [0.5, 0.6) is 0 Å². The molecule has 4 unspecified atom stereocenters. The fraction of sp³-hybridized carbons (Fsp3) is 1.00. The lowest BCUT2D eigenvalue weighted by molar-refractivity contribution is 0.320. The number of hydrogen-bond acceptors (Lipinski definition) is 0. The van der Waals surface area contributed by atoms with E-state index in [4.69, 9.17) is 23.2 Å². The van der Waals surface area contributed by atoms with E-state index in [2.05, 4.69) is 27.7 Å². The zero-order chi connectivity index (χ0) is 11.1. The van der Waals surface area contributed by atoms with Crippen molar-refractivity contribution in [3.05, 3.63) is 0 Å². The molecule has 0 aromatic carbocycles. The minimum atomic E-state index is 0.352. The Labute approximate surface area is 99.4 Å². The highest BCUT2D eigenvalue weighted by atomic mass is 35.5.